The maximum Gasteiger partial charge on any atom is 0.0807 e. The van der Waals surface area contributed by atoms with Crippen LogP contribution in [-0.4, -0.2) is 42.2 Å². The third-order valence-corrected chi connectivity index (χ3v) is 4.84. The first-order valence-electron chi connectivity index (χ1n) is 8.05. The fraction of sp³-hybridized carbons (Fsp3) is 0.647. The van der Waals surface area contributed by atoms with Gasteiger partial charge in [-0.05, 0) is 44.8 Å². The minimum Gasteiger partial charge on any atom is -0.388 e. The molecule has 1 aromatic carbocycles. The summed E-state index contributed by atoms with van der Waals surface area (Å²) in [6, 6.07) is 9.08. The Kier molecular flexibility index (Phi) is 4.27. The van der Waals surface area contributed by atoms with E-state index in [1.165, 1.54) is 38.0 Å². The first-order valence-corrected chi connectivity index (χ1v) is 8.05. The van der Waals surface area contributed by atoms with Crippen molar-refractivity contribution >= 4 is 5.69 Å². The van der Waals surface area contributed by atoms with Crippen LogP contribution in [0.15, 0.2) is 24.3 Å². The Balaban J connectivity index is 1.74. The first kappa shape index (κ1) is 13.9. The van der Waals surface area contributed by atoms with Gasteiger partial charge in [0, 0.05) is 30.4 Å². The van der Waals surface area contributed by atoms with Crippen LogP contribution in [0.25, 0.3) is 0 Å². The fourth-order valence-corrected chi connectivity index (χ4v) is 3.64. The van der Waals surface area contributed by atoms with E-state index in [0.717, 1.165) is 25.1 Å². The van der Waals surface area contributed by atoms with Crippen LogP contribution in [0.3, 0.4) is 0 Å². The molecule has 3 rings (SSSR count). The molecule has 0 radical (unpaired) electrons. The van der Waals surface area contributed by atoms with E-state index in [9.17, 15) is 5.11 Å². The van der Waals surface area contributed by atoms with Gasteiger partial charge in [-0.2, -0.15) is 0 Å². The summed E-state index contributed by atoms with van der Waals surface area (Å²) >= 11 is 0. The molecule has 2 atom stereocenters. The monoisotopic (exact) mass is 274 g/mol. The molecule has 2 heterocycles. The number of hydrogen-bond donors (Lipinski definition) is 1. The second-order valence-electron chi connectivity index (χ2n) is 6.11. The molecule has 2 saturated heterocycles. The predicted molar refractivity (Wildman–Crippen MR) is 83.1 cm³/mol. The lowest BCUT2D eigenvalue weighted by molar-refractivity contribution is 0.174. The third kappa shape index (κ3) is 2.70. The first-order chi connectivity index (χ1) is 9.79. The summed E-state index contributed by atoms with van der Waals surface area (Å²) in [5.74, 6) is 0. The van der Waals surface area contributed by atoms with Gasteiger partial charge in [-0.15, -0.1) is 0 Å². The number of likely N-dealkylation sites (tertiary alicyclic amines) is 1. The Bertz CT molecular complexity index is 442. The molecule has 2 aliphatic heterocycles. The van der Waals surface area contributed by atoms with Crippen molar-refractivity contribution < 1.29 is 5.11 Å². The largest absolute Gasteiger partial charge is 0.388 e. The number of aliphatic hydroxyl groups is 1. The van der Waals surface area contributed by atoms with Gasteiger partial charge in [0.15, 0.2) is 0 Å². The van der Waals surface area contributed by atoms with Crippen LogP contribution < -0.4 is 4.90 Å². The Morgan fingerprint density at radius 3 is 2.70 bits per heavy atom. The summed E-state index contributed by atoms with van der Waals surface area (Å²) in [5.41, 5.74) is 2.33. The summed E-state index contributed by atoms with van der Waals surface area (Å²) in [5, 5.41) is 10.2. The average molecular weight is 274 g/mol. The van der Waals surface area contributed by atoms with Crippen molar-refractivity contribution in [3.05, 3.63) is 29.8 Å². The van der Waals surface area contributed by atoms with Gasteiger partial charge in [0.1, 0.15) is 0 Å². The zero-order chi connectivity index (χ0) is 13.9. The number of nitrogens with zero attached hydrogens (tertiary/aromatic N) is 2. The van der Waals surface area contributed by atoms with Crippen molar-refractivity contribution in [3.63, 3.8) is 0 Å². The summed E-state index contributed by atoms with van der Waals surface area (Å²) in [6.45, 7) is 6.83. The smallest absolute Gasteiger partial charge is 0.0807 e. The summed E-state index contributed by atoms with van der Waals surface area (Å²) in [7, 11) is 0. The van der Waals surface area contributed by atoms with Crippen LogP contribution in [0.5, 0.6) is 0 Å². The standard InChI is InChI=1S/C17H26N2O/c1-2-17(20)15-7-3-4-8-16(15)19-12-9-14(13-19)18-10-5-6-11-18/h3-4,7-8,14,17,20H,2,5-6,9-13H2,1H3. The van der Waals surface area contributed by atoms with Gasteiger partial charge in [0.2, 0.25) is 0 Å². The van der Waals surface area contributed by atoms with Gasteiger partial charge in [-0.1, -0.05) is 25.1 Å². The molecular formula is C17H26N2O. The molecule has 2 aliphatic rings. The van der Waals surface area contributed by atoms with E-state index < -0.39 is 0 Å². The van der Waals surface area contributed by atoms with Gasteiger partial charge in [0.25, 0.3) is 0 Å². The Hall–Kier alpha value is -1.06. The molecule has 20 heavy (non-hydrogen) atoms. The summed E-state index contributed by atoms with van der Waals surface area (Å²) in [6.07, 6.45) is 4.43. The average Bonchev–Trinajstić information content (AvgIpc) is 3.17. The second-order valence-corrected chi connectivity index (χ2v) is 6.11. The molecule has 110 valence electrons. The lowest BCUT2D eigenvalue weighted by Gasteiger charge is -2.26. The molecule has 0 bridgehead atoms. The van der Waals surface area contributed by atoms with E-state index in [4.69, 9.17) is 0 Å². The van der Waals surface area contributed by atoms with Crippen molar-refractivity contribution in [2.75, 3.05) is 31.1 Å². The number of anilines is 1. The van der Waals surface area contributed by atoms with Crippen LogP contribution in [0, 0.1) is 0 Å². The molecule has 0 spiro atoms. The number of para-hydroxylation sites is 1. The number of aliphatic hydroxyl groups excluding tert-OH is 1. The zero-order valence-electron chi connectivity index (χ0n) is 12.5. The topological polar surface area (TPSA) is 26.7 Å². The fourth-order valence-electron chi connectivity index (χ4n) is 3.64. The van der Waals surface area contributed by atoms with Crippen molar-refractivity contribution in [2.45, 2.75) is 44.8 Å². The highest BCUT2D eigenvalue weighted by Gasteiger charge is 2.30. The van der Waals surface area contributed by atoms with Crippen LogP contribution in [0.1, 0.15) is 44.3 Å². The van der Waals surface area contributed by atoms with E-state index in [2.05, 4.69) is 28.0 Å². The molecule has 0 aliphatic carbocycles. The van der Waals surface area contributed by atoms with Gasteiger partial charge in [0.05, 0.1) is 6.10 Å². The molecule has 1 N–H and O–H groups in total. The lowest BCUT2D eigenvalue weighted by Crippen LogP contribution is -2.35. The molecule has 0 saturated carbocycles. The van der Waals surface area contributed by atoms with Crippen LogP contribution >= 0.6 is 0 Å². The maximum absolute atomic E-state index is 10.2. The quantitative estimate of drug-likeness (QED) is 0.914. The van der Waals surface area contributed by atoms with E-state index in [1.54, 1.807) is 0 Å². The zero-order valence-corrected chi connectivity index (χ0v) is 12.5. The minimum absolute atomic E-state index is 0.336. The second kappa shape index (κ2) is 6.15. The van der Waals surface area contributed by atoms with Crippen LogP contribution in [-0.2, 0) is 0 Å². The maximum atomic E-state index is 10.2. The van der Waals surface area contributed by atoms with Crippen LogP contribution in [0.4, 0.5) is 5.69 Å². The highest BCUT2D eigenvalue weighted by Crippen LogP contribution is 2.32. The molecule has 2 fully saturated rings. The Morgan fingerprint density at radius 2 is 1.95 bits per heavy atom. The van der Waals surface area contributed by atoms with Crippen molar-refractivity contribution in [3.8, 4) is 0 Å². The number of hydrogen-bond acceptors (Lipinski definition) is 3. The summed E-state index contributed by atoms with van der Waals surface area (Å²) < 4.78 is 0. The van der Waals surface area contributed by atoms with E-state index in [1.807, 2.05) is 13.0 Å². The summed E-state index contributed by atoms with van der Waals surface area (Å²) in [4.78, 5) is 5.12. The molecule has 0 aromatic heterocycles. The van der Waals surface area contributed by atoms with Gasteiger partial charge in [-0.3, -0.25) is 4.90 Å². The van der Waals surface area contributed by atoms with Gasteiger partial charge >= 0.3 is 0 Å². The van der Waals surface area contributed by atoms with Crippen molar-refractivity contribution in [1.82, 2.24) is 4.90 Å². The van der Waals surface area contributed by atoms with Crippen molar-refractivity contribution in [2.24, 2.45) is 0 Å². The Morgan fingerprint density at radius 1 is 1.20 bits per heavy atom. The molecular weight excluding hydrogens is 248 g/mol. The predicted octanol–water partition coefficient (Wildman–Crippen LogP) is 2.80. The Labute approximate surface area is 122 Å². The lowest BCUT2D eigenvalue weighted by atomic mass is 10.0. The molecule has 1 aromatic rings. The van der Waals surface area contributed by atoms with Crippen molar-refractivity contribution in [1.29, 1.82) is 0 Å². The van der Waals surface area contributed by atoms with Crippen LogP contribution in [0.2, 0.25) is 0 Å². The molecule has 3 nitrogen and oxygen atoms in total. The molecule has 2 unspecified atom stereocenters. The van der Waals surface area contributed by atoms with Gasteiger partial charge in [-0.25, -0.2) is 0 Å². The van der Waals surface area contributed by atoms with E-state index >= 15 is 0 Å². The molecule has 0 amide bonds. The minimum atomic E-state index is -0.336. The highest BCUT2D eigenvalue weighted by molar-refractivity contribution is 5.55. The van der Waals surface area contributed by atoms with E-state index in [0.29, 0.717) is 6.04 Å². The number of rotatable bonds is 4. The molecule has 3 heteroatoms. The number of benzene rings is 1. The SMILES string of the molecule is CCC(O)c1ccccc1N1CCC(N2CCCC2)C1. The third-order valence-electron chi connectivity index (χ3n) is 4.84. The van der Waals surface area contributed by atoms with E-state index in [-0.39, 0.29) is 6.10 Å². The van der Waals surface area contributed by atoms with Gasteiger partial charge < -0.3 is 10.0 Å². The normalized spacial score (nSPS) is 25.3. The highest BCUT2D eigenvalue weighted by atomic mass is 16.3.